The van der Waals surface area contributed by atoms with Crippen molar-refractivity contribution in [3.8, 4) is 0 Å². The van der Waals surface area contributed by atoms with Gasteiger partial charge in [0.05, 0.1) is 0 Å². The van der Waals surface area contributed by atoms with E-state index in [1.165, 1.54) is 19.5 Å². The van der Waals surface area contributed by atoms with Crippen LogP contribution in [0.4, 0.5) is 0 Å². The predicted octanol–water partition coefficient (Wildman–Crippen LogP) is 2.74. The third-order valence-corrected chi connectivity index (χ3v) is 2.74. The lowest BCUT2D eigenvalue weighted by Gasteiger charge is -2.29. The minimum atomic E-state index is 0.609. The Morgan fingerprint density at radius 1 is 1.07 bits per heavy atom. The second-order valence-corrected chi connectivity index (χ2v) is 5.23. The van der Waals surface area contributed by atoms with E-state index in [4.69, 9.17) is 0 Å². The van der Waals surface area contributed by atoms with Crippen molar-refractivity contribution in [3.63, 3.8) is 0 Å². The fraction of sp³-hybridized carbons (Fsp3) is 1.00. The highest BCUT2D eigenvalue weighted by molar-refractivity contribution is 4.69. The smallest absolute Gasteiger partial charge is 0.00790 e. The van der Waals surface area contributed by atoms with E-state index in [1.807, 2.05) is 0 Å². The molecule has 2 nitrogen and oxygen atoms in total. The molecule has 15 heavy (non-hydrogen) atoms. The Balaban J connectivity index is 3.77. The second kappa shape index (κ2) is 8.12. The molecule has 0 bridgehead atoms. The first-order chi connectivity index (χ1) is 6.97. The third-order valence-electron chi connectivity index (χ3n) is 2.74. The van der Waals surface area contributed by atoms with Crippen LogP contribution in [0.1, 0.15) is 48.0 Å². The summed E-state index contributed by atoms with van der Waals surface area (Å²) in [5, 5.41) is 3.48. The highest BCUT2D eigenvalue weighted by Gasteiger charge is 2.12. The van der Waals surface area contributed by atoms with Gasteiger partial charge in [-0.05, 0) is 32.4 Å². The van der Waals surface area contributed by atoms with E-state index in [0.29, 0.717) is 12.1 Å². The Kier molecular flexibility index (Phi) is 8.07. The summed E-state index contributed by atoms with van der Waals surface area (Å²) in [6.07, 6.45) is 1.25. The molecule has 0 radical (unpaired) electrons. The molecule has 1 N–H and O–H groups in total. The van der Waals surface area contributed by atoms with Crippen molar-refractivity contribution in [2.45, 2.75) is 60.0 Å². The summed E-state index contributed by atoms with van der Waals surface area (Å²) in [6, 6.07) is 1.31. The highest BCUT2D eigenvalue weighted by Crippen LogP contribution is 2.06. The van der Waals surface area contributed by atoms with E-state index in [-0.39, 0.29) is 0 Å². The zero-order valence-electron chi connectivity index (χ0n) is 11.5. The summed E-state index contributed by atoms with van der Waals surface area (Å²) >= 11 is 0. The van der Waals surface area contributed by atoms with Gasteiger partial charge in [-0.25, -0.2) is 0 Å². The van der Waals surface area contributed by atoms with Crippen LogP contribution in [0.3, 0.4) is 0 Å². The maximum Gasteiger partial charge on any atom is 0.00790 e. The molecule has 0 rings (SSSR count). The monoisotopic (exact) mass is 214 g/mol. The van der Waals surface area contributed by atoms with Gasteiger partial charge < -0.3 is 10.2 Å². The van der Waals surface area contributed by atoms with E-state index in [2.05, 4.69) is 51.8 Å². The van der Waals surface area contributed by atoms with Crippen LogP contribution in [0, 0.1) is 5.92 Å². The van der Waals surface area contributed by atoms with Crippen molar-refractivity contribution in [1.82, 2.24) is 10.2 Å². The van der Waals surface area contributed by atoms with Gasteiger partial charge in [0.15, 0.2) is 0 Å². The first-order valence-electron chi connectivity index (χ1n) is 6.44. The average molecular weight is 214 g/mol. The van der Waals surface area contributed by atoms with Gasteiger partial charge in [-0.15, -0.1) is 0 Å². The Labute approximate surface area is 96.4 Å². The summed E-state index contributed by atoms with van der Waals surface area (Å²) in [7, 11) is 0. The van der Waals surface area contributed by atoms with Crippen molar-refractivity contribution in [3.05, 3.63) is 0 Å². The molecule has 0 aromatic heterocycles. The zero-order valence-corrected chi connectivity index (χ0v) is 11.5. The minimum Gasteiger partial charge on any atom is -0.314 e. The molecule has 0 aromatic rings. The number of rotatable bonds is 8. The maximum absolute atomic E-state index is 3.48. The second-order valence-electron chi connectivity index (χ2n) is 5.23. The van der Waals surface area contributed by atoms with E-state index >= 15 is 0 Å². The lowest BCUT2D eigenvalue weighted by Crippen LogP contribution is -2.38. The molecular weight excluding hydrogens is 184 g/mol. The normalized spacial score (nSPS) is 14.2. The standard InChI is InChI=1S/C13H30N2/c1-7-15(10-11(2)3)13(6)8-9-14-12(4)5/h11-14H,7-10H2,1-6H3. The van der Waals surface area contributed by atoms with Gasteiger partial charge in [0.1, 0.15) is 0 Å². The Morgan fingerprint density at radius 2 is 1.67 bits per heavy atom. The summed E-state index contributed by atoms with van der Waals surface area (Å²) < 4.78 is 0. The van der Waals surface area contributed by atoms with Gasteiger partial charge in [0.25, 0.3) is 0 Å². The molecule has 0 aromatic carbocycles. The molecule has 1 atom stereocenters. The van der Waals surface area contributed by atoms with Crippen LogP contribution in [-0.2, 0) is 0 Å². The molecule has 0 saturated carbocycles. The van der Waals surface area contributed by atoms with E-state index in [1.54, 1.807) is 0 Å². The van der Waals surface area contributed by atoms with Gasteiger partial charge in [-0.2, -0.15) is 0 Å². The Hall–Kier alpha value is -0.0800. The lowest BCUT2D eigenvalue weighted by atomic mass is 10.1. The SMILES string of the molecule is CCN(CC(C)C)C(C)CCNC(C)C. The quantitative estimate of drug-likeness (QED) is 0.668. The van der Waals surface area contributed by atoms with Crippen LogP contribution in [0.25, 0.3) is 0 Å². The molecule has 92 valence electrons. The lowest BCUT2D eigenvalue weighted by molar-refractivity contribution is 0.186. The van der Waals surface area contributed by atoms with Crippen LogP contribution in [0.5, 0.6) is 0 Å². The molecule has 0 fully saturated rings. The van der Waals surface area contributed by atoms with Crippen LogP contribution in [-0.4, -0.2) is 36.6 Å². The van der Waals surface area contributed by atoms with Crippen LogP contribution in [0.2, 0.25) is 0 Å². The van der Waals surface area contributed by atoms with E-state index in [9.17, 15) is 0 Å². The van der Waals surface area contributed by atoms with Crippen molar-refractivity contribution in [2.75, 3.05) is 19.6 Å². The minimum absolute atomic E-state index is 0.609. The summed E-state index contributed by atoms with van der Waals surface area (Å²) in [6.45, 7) is 17.1. The third kappa shape index (κ3) is 7.80. The molecule has 0 aliphatic heterocycles. The first-order valence-corrected chi connectivity index (χ1v) is 6.44. The highest BCUT2D eigenvalue weighted by atomic mass is 15.1. The van der Waals surface area contributed by atoms with Crippen molar-refractivity contribution >= 4 is 0 Å². The molecular formula is C13H30N2. The molecule has 0 saturated heterocycles. The predicted molar refractivity (Wildman–Crippen MR) is 69.3 cm³/mol. The number of nitrogens with one attached hydrogen (secondary N) is 1. The number of hydrogen-bond donors (Lipinski definition) is 1. The van der Waals surface area contributed by atoms with Crippen molar-refractivity contribution < 1.29 is 0 Å². The van der Waals surface area contributed by atoms with Crippen LogP contribution in [0.15, 0.2) is 0 Å². The Morgan fingerprint density at radius 3 is 2.07 bits per heavy atom. The topological polar surface area (TPSA) is 15.3 Å². The molecule has 0 amide bonds. The van der Waals surface area contributed by atoms with E-state index in [0.717, 1.165) is 12.5 Å². The molecule has 2 heteroatoms. The molecule has 0 heterocycles. The van der Waals surface area contributed by atoms with Gasteiger partial charge >= 0.3 is 0 Å². The number of nitrogens with zero attached hydrogens (tertiary/aromatic N) is 1. The molecule has 0 aliphatic carbocycles. The van der Waals surface area contributed by atoms with Gasteiger partial charge in [0, 0.05) is 18.6 Å². The summed E-state index contributed by atoms with van der Waals surface area (Å²) in [4.78, 5) is 2.58. The maximum atomic E-state index is 3.48. The average Bonchev–Trinajstić information content (AvgIpc) is 2.13. The summed E-state index contributed by atoms with van der Waals surface area (Å²) in [5.74, 6) is 0.769. The number of hydrogen-bond acceptors (Lipinski definition) is 2. The largest absolute Gasteiger partial charge is 0.314 e. The Bertz CT molecular complexity index is 143. The fourth-order valence-electron chi connectivity index (χ4n) is 1.85. The first kappa shape index (κ1) is 14.9. The van der Waals surface area contributed by atoms with Crippen LogP contribution >= 0.6 is 0 Å². The van der Waals surface area contributed by atoms with Gasteiger partial charge in [-0.3, -0.25) is 0 Å². The molecule has 0 spiro atoms. The van der Waals surface area contributed by atoms with Crippen molar-refractivity contribution in [1.29, 1.82) is 0 Å². The van der Waals surface area contributed by atoms with Gasteiger partial charge in [0.2, 0.25) is 0 Å². The van der Waals surface area contributed by atoms with Crippen molar-refractivity contribution in [2.24, 2.45) is 5.92 Å². The zero-order chi connectivity index (χ0) is 11.8. The summed E-state index contributed by atoms with van der Waals surface area (Å²) in [5.41, 5.74) is 0. The van der Waals surface area contributed by atoms with Crippen LogP contribution < -0.4 is 5.32 Å². The van der Waals surface area contributed by atoms with E-state index < -0.39 is 0 Å². The molecule has 1 unspecified atom stereocenters. The van der Waals surface area contributed by atoms with Gasteiger partial charge in [-0.1, -0.05) is 34.6 Å². The fourth-order valence-corrected chi connectivity index (χ4v) is 1.85. The molecule has 0 aliphatic rings.